The number of amides is 1. The molecule has 7 heteroatoms. The fraction of sp³-hybridized carbons (Fsp3) is 0.333. The van der Waals surface area contributed by atoms with Crippen LogP contribution in [0.4, 0.5) is 0 Å². The highest BCUT2D eigenvalue weighted by Gasteiger charge is 2.42. The average Bonchev–Trinajstić information content (AvgIpc) is 2.87. The molecule has 1 fully saturated rings. The molecule has 3 heterocycles. The van der Waals surface area contributed by atoms with E-state index in [0.717, 1.165) is 29.7 Å². The fourth-order valence-electron chi connectivity index (χ4n) is 4.89. The largest absolute Gasteiger partial charge is 0.481 e. The molecule has 2 atom stereocenters. The summed E-state index contributed by atoms with van der Waals surface area (Å²) in [4.78, 5) is 35.2. The molecule has 174 valence electrons. The number of hydrogen-bond donors (Lipinski definition) is 1. The number of aliphatic carboxylic acids is 1. The van der Waals surface area contributed by atoms with Crippen LogP contribution in [-0.4, -0.2) is 45.5 Å². The number of carboxylic acid groups (broad SMARTS) is 1. The van der Waals surface area contributed by atoms with Crippen molar-refractivity contribution < 1.29 is 19.4 Å². The van der Waals surface area contributed by atoms with Gasteiger partial charge in [-0.3, -0.25) is 14.6 Å². The van der Waals surface area contributed by atoms with E-state index in [1.54, 1.807) is 23.2 Å². The average molecular weight is 458 g/mol. The fourth-order valence-corrected chi connectivity index (χ4v) is 4.89. The van der Waals surface area contributed by atoms with Crippen molar-refractivity contribution in [2.75, 3.05) is 13.7 Å². The van der Waals surface area contributed by atoms with Gasteiger partial charge >= 0.3 is 5.97 Å². The minimum Gasteiger partial charge on any atom is -0.481 e. The Labute approximate surface area is 198 Å². The summed E-state index contributed by atoms with van der Waals surface area (Å²) in [6.07, 6.45) is 5.98. The molecule has 1 N–H and O–H groups in total. The molecular formula is C27H27N3O4. The third-order valence-corrected chi connectivity index (χ3v) is 6.84. The number of nitrogens with zero attached hydrogens (tertiary/aromatic N) is 3. The summed E-state index contributed by atoms with van der Waals surface area (Å²) in [5, 5.41) is 9.41. The van der Waals surface area contributed by atoms with Gasteiger partial charge in [0.1, 0.15) is 0 Å². The minimum atomic E-state index is -0.959. The van der Waals surface area contributed by atoms with Crippen LogP contribution in [0.1, 0.15) is 53.6 Å². The Hall–Kier alpha value is -3.74. The summed E-state index contributed by atoms with van der Waals surface area (Å²) in [7, 11) is 1.52. The minimum absolute atomic E-state index is 0.0678. The molecule has 7 nitrogen and oxygen atoms in total. The van der Waals surface area contributed by atoms with Gasteiger partial charge < -0.3 is 14.7 Å². The highest BCUT2D eigenvalue weighted by molar-refractivity contribution is 5.90. The van der Waals surface area contributed by atoms with Crippen LogP contribution < -0.4 is 4.74 Å². The van der Waals surface area contributed by atoms with Gasteiger partial charge in [0.25, 0.3) is 0 Å². The van der Waals surface area contributed by atoms with Crippen LogP contribution in [0.15, 0.2) is 54.7 Å². The van der Waals surface area contributed by atoms with E-state index < -0.39 is 12.0 Å². The van der Waals surface area contributed by atoms with Crippen LogP contribution in [0.2, 0.25) is 0 Å². The van der Waals surface area contributed by atoms with Crippen LogP contribution in [-0.2, 0) is 22.4 Å². The van der Waals surface area contributed by atoms with E-state index in [9.17, 15) is 14.7 Å². The topological polar surface area (TPSA) is 92.6 Å². The number of pyridine rings is 2. The number of benzene rings is 1. The van der Waals surface area contributed by atoms with Gasteiger partial charge in [-0.2, -0.15) is 0 Å². The van der Waals surface area contributed by atoms with Gasteiger partial charge in [0.05, 0.1) is 31.2 Å². The number of carbonyl (C=O) groups excluding carboxylic acids is 1. The summed E-state index contributed by atoms with van der Waals surface area (Å²) < 4.78 is 5.08. The van der Waals surface area contributed by atoms with E-state index in [1.807, 2.05) is 24.3 Å². The molecule has 1 aromatic carbocycles. The smallest absolute Gasteiger partial charge is 0.305 e. The summed E-state index contributed by atoms with van der Waals surface area (Å²) in [5.74, 6) is -0.854. The Morgan fingerprint density at radius 2 is 1.91 bits per heavy atom. The Morgan fingerprint density at radius 1 is 1.12 bits per heavy atom. The quantitative estimate of drug-likeness (QED) is 0.535. The second-order valence-corrected chi connectivity index (χ2v) is 8.92. The number of rotatable bonds is 7. The van der Waals surface area contributed by atoms with E-state index in [2.05, 4.69) is 17.1 Å². The number of aromatic nitrogens is 2. The first-order valence-corrected chi connectivity index (χ1v) is 11.6. The molecule has 2 aromatic heterocycles. The molecule has 1 unspecified atom stereocenters. The van der Waals surface area contributed by atoms with E-state index in [1.165, 1.54) is 31.2 Å². The lowest BCUT2D eigenvalue weighted by Crippen LogP contribution is -2.52. The third kappa shape index (κ3) is 4.25. The molecule has 3 aromatic rings. The molecular weight excluding hydrogens is 430 g/mol. The second kappa shape index (κ2) is 9.25. The number of methoxy groups -OCH3 is 1. The number of aryl methyl sites for hydroxylation is 2. The van der Waals surface area contributed by atoms with Crippen molar-refractivity contribution in [1.82, 2.24) is 14.9 Å². The maximum Gasteiger partial charge on any atom is 0.305 e. The van der Waals surface area contributed by atoms with Crippen molar-refractivity contribution in [3.05, 3.63) is 77.1 Å². The Morgan fingerprint density at radius 3 is 2.59 bits per heavy atom. The highest BCUT2D eigenvalue weighted by Crippen LogP contribution is 2.38. The maximum atomic E-state index is 13.1. The lowest BCUT2D eigenvalue weighted by atomic mass is 9.86. The van der Waals surface area contributed by atoms with Crippen LogP contribution in [0.3, 0.4) is 0 Å². The monoisotopic (exact) mass is 457 g/mol. The van der Waals surface area contributed by atoms with Gasteiger partial charge in [0, 0.05) is 30.1 Å². The zero-order chi connectivity index (χ0) is 23.7. The molecule has 34 heavy (non-hydrogen) atoms. The van der Waals surface area contributed by atoms with E-state index in [0.29, 0.717) is 18.0 Å². The summed E-state index contributed by atoms with van der Waals surface area (Å²) in [6, 6.07) is 15.2. The van der Waals surface area contributed by atoms with Gasteiger partial charge in [-0.1, -0.05) is 36.4 Å². The van der Waals surface area contributed by atoms with Crippen molar-refractivity contribution in [3.63, 3.8) is 0 Å². The van der Waals surface area contributed by atoms with Gasteiger partial charge in [-0.15, -0.1) is 0 Å². The van der Waals surface area contributed by atoms with Crippen molar-refractivity contribution in [3.8, 4) is 17.1 Å². The summed E-state index contributed by atoms with van der Waals surface area (Å²) >= 11 is 0. The first-order valence-electron chi connectivity index (χ1n) is 11.6. The van der Waals surface area contributed by atoms with Gasteiger partial charge in [0.2, 0.25) is 11.8 Å². The molecule has 1 aliphatic heterocycles. The predicted octanol–water partition coefficient (Wildman–Crippen LogP) is 4.17. The van der Waals surface area contributed by atoms with Gasteiger partial charge in [-0.25, -0.2) is 4.98 Å². The van der Waals surface area contributed by atoms with E-state index in [4.69, 9.17) is 9.72 Å². The first-order chi connectivity index (χ1) is 16.5. The number of carboxylic acids is 1. The van der Waals surface area contributed by atoms with Crippen LogP contribution >= 0.6 is 0 Å². The Kier molecular flexibility index (Phi) is 6.01. The molecule has 0 radical (unpaired) electrons. The molecule has 1 amide bonds. The molecule has 0 spiro atoms. The van der Waals surface area contributed by atoms with E-state index in [-0.39, 0.29) is 18.2 Å². The second-order valence-electron chi connectivity index (χ2n) is 8.92. The third-order valence-electron chi connectivity index (χ3n) is 6.84. The van der Waals surface area contributed by atoms with Crippen LogP contribution in [0, 0.1) is 0 Å². The summed E-state index contributed by atoms with van der Waals surface area (Å²) in [6.45, 7) is 0.471. The molecule has 0 bridgehead atoms. The predicted molar refractivity (Wildman–Crippen MR) is 127 cm³/mol. The molecule has 2 aliphatic rings. The molecule has 1 saturated heterocycles. The number of β-lactam (4-membered cyclic amide) rings is 1. The Bertz CT molecular complexity index is 1210. The standard InChI is InChI=1S/C27H27N3O4/c1-34-25-13-11-20(15-28-25)24(14-26(31)32)30-16-21(27(30)33)17-6-8-19(9-7-17)23-12-10-18-4-2-3-5-22(18)29-23/h6-13,15,21,24H,2-5,14,16H2,1H3,(H,31,32)/t21?,24-/m0/s1. The van der Waals surface area contributed by atoms with Crippen LogP contribution in [0.5, 0.6) is 5.88 Å². The van der Waals surface area contributed by atoms with Crippen LogP contribution in [0.25, 0.3) is 11.3 Å². The normalized spacial score (nSPS) is 18.1. The maximum absolute atomic E-state index is 13.1. The Balaban J connectivity index is 1.31. The molecule has 5 rings (SSSR count). The zero-order valence-electron chi connectivity index (χ0n) is 19.1. The number of likely N-dealkylation sites (tertiary alicyclic amines) is 1. The van der Waals surface area contributed by atoms with Gasteiger partial charge in [-0.05, 0) is 48.4 Å². The van der Waals surface area contributed by atoms with E-state index >= 15 is 0 Å². The lowest BCUT2D eigenvalue weighted by Gasteiger charge is -2.43. The van der Waals surface area contributed by atoms with Gasteiger partial charge in [0.15, 0.2) is 0 Å². The zero-order valence-corrected chi connectivity index (χ0v) is 19.1. The number of carbonyl (C=O) groups is 2. The highest BCUT2D eigenvalue weighted by atomic mass is 16.5. The first kappa shape index (κ1) is 22.1. The number of ether oxygens (including phenoxy) is 1. The van der Waals surface area contributed by atoms with Crippen molar-refractivity contribution in [2.45, 2.75) is 44.1 Å². The SMILES string of the molecule is COc1ccc([C@H](CC(=O)O)N2CC(c3ccc(-c4ccc5c(n4)CCCC5)cc3)C2=O)cn1. The van der Waals surface area contributed by atoms with Crippen molar-refractivity contribution in [1.29, 1.82) is 0 Å². The molecule has 1 aliphatic carbocycles. The molecule has 0 saturated carbocycles. The number of fused-ring (bicyclic) bond motifs is 1. The van der Waals surface area contributed by atoms with Crippen molar-refractivity contribution in [2.24, 2.45) is 0 Å². The number of hydrogen-bond acceptors (Lipinski definition) is 5. The lowest BCUT2D eigenvalue weighted by molar-refractivity contribution is -0.149. The summed E-state index contributed by atoms with van der Waals surface area (Å²) in [5.41, 5.74) is 6.18. The van der Waals surface area contributed by atoms with Crippen molar-refractivity contribution >= 4 is 11.9 Å².